The Morgan fingerprint density at radius 2 is 1.88 bits per heavy atom. The van der Waals surface area contributed by atoms with Gasteiger partial charge in [0.25, 0.3) is 0 Å². The zero-order valence-electron chi connectivity index (χ0n) is 11.0. The molecule has 0 unspecified atom stereocenters. The normalized spacial score (nSPS) is 18.2. The molecule has 0 aromatic carbocycles. The molecule has 1 N–H and O–H groups in total. The highest BCUT2D eigenvalue weighted by Gasteiger charge is 2.12. The highest BCUT2D eigenvalue weighted by molar-refractivity contribution is 4.65. The minimum Gasteiger partial charge on any atom is -0.377 e. The molecule has 1 aliphatic rings. The summed E-state index contributed by atoms with van der Waals surface area (Å²) in [4.78, 5) is 2.22. The first kappa shape index (κ1) is 13.9. The van der Waals surface area contributed by atoms with E-state index in [0.717, 1.165) is 26.2 Å². The van der Waals surface area contributed by atoms with E-state index in [-0.39, 0.29) is 0 Å². The van der Waals surface area contributed by atoms with Crippen LogP contribution in [0.4, 0.5) is 0 Å². The molecule has 0 bridgehead atoms. The minimum atomic E-state index is 0.553. The topological polar surface area (TPSA) is 24.5 Å². The van der Waals surface area contributed by atoms with Gasteiger partial charge in [0.1, 0.15) is 0 Å². The summed E-state index contributed by atoms with van der Waals surface area (Å²) in [6, 6.07) is 0. The molecular formula is C13H28N2O. The van der Waals surface area contributed by atoms with E-state index < -0.39 is 0 Å². The molecule has 0 aliphatic heterocycles. The van der Waals surface area contributed by atoms with Gasteiger partial charge in [0.05, 0.1) is 12.7 Å². The average Bonchev–Trinajstić information content (AvgIpc) is 2.29. The molecule has 16 heavy (non-hydrogen) atoms. The van der Waals surface area contributed by atoms with Crippen molar-refractivity contribution in [3.63, 3.8) is 0 Å². The summed E-state index contributed by atoms with van der Waals surface area (Å²) in [5.74, 6) is 0. The second kappa shape index (κ2) is 8.97. The third-order valence-electron chi connectivity index (χ3n) is 3.14. The van der Waals surface area contributed by atoms with Crippen LogP contribution in [0.3, 0.4) is 0 Å². The molecule has 0 atom stereocenters. The van der Waals surface area contributed by atoms with Crippen molar-refractivity contribution in [2.45, 2.75) is 44.6 Å². The first-order valence-corrected chi connectivity index (χ1v) is 6.76. The molecule has 1 saturated carbocycles. The Labute approximate surface area is 101 Å². The molecule has 96 valence electrons. The zero-order valence-corrected chi connectivity index (χ0v) is 11.0. The third kappa shape index (κ3) is 7.20. The Hall–Kier alpha value is -0.120. The first-order chi connectivity index (χ1) is 7.79. The van der Waals surface area contributed by atoms with E-state index in [0.29, 0.717) is 6.10 Å². The molecule has 1 fully saturated rings. The van der Waals surface area contributed by atoms with E-state index in [1.807, 2.05) is 0 Å². The van der Waals surface area contributed by atoms with Crippen molar-refractivity contribution in [2.24, 2.45) is 0 Å². The molecule has 0 aromatic heterocycles. The summed E-state index contributed by atoms with van der Waals surface area (Å²) < 4.78 is 5.84. The van der Waals surface area contributed by atoms with E-state index in [1.165, 1.54) is 38.5 Å². The summed E-state index contributed by atoms with van der Waals surface area (Å²) in [5.41, 5.74) is 0. The zero-order chi connectivity index (χ0) is 11.6. The van der Waals surface area contributed by atoms with E-state index in [2.05, 4.69) is 24.3 Å². The van der Waals surface area contributed by atoms with Crippen LogP contribution in [-0.2, 0) is 4.74 Å². The van der Waals surface area contributed by atoms with Gasteiger partial charge in [0.2, 0.25) is 0 Å². The lowest BCUT2D eigenvalue weighted by molar-refractivity contribution is 0.0303. The van der Waals surface area contributed by atoms with Gasteiger partial charge in [0.15, 0.2) is 0 Å². The van der Waals surface area contributed by atoms with Crippen LogP contribution in [0.5, 0.6) is 0 Å². The second-order valence-electron chi connectivity index (χ2n) is 5.04. The molecule has 3 nitrogen and oxygen atoms in total. The summed E-state index contributed by atoms with van der Waals surface area (Å²) in [6.07, 6.45) is 8.46. The van der Waals surface area contributed by atoms with Gasteiger partial charge in [0, 0.05) is 6.54 Å². The fourth-order valence-electron chi connectivity index (χ4n) is 2.17. The number of ether oxygens (including phenoxy) is 1. The Balaban J connectivity index is 1.80. The summed E-state index contributed by atoms with van der Waals surface area (Å²) in [6.45, 7) is 4.15. The van der Waals surface area contributed by atoms with Gasteiger partial charge in [-0.15, -0.1) is 0 Å². The van der Waals surface area contributed by atoms with Gasteiger partial charge in [-0.2, -0.15) is 0 Å². The summed E-state index contributed by atoms with van der Waals surface area (Å²) in [5, 5.41) is 3.43. The van der Waals surface area contributed by atoms with Gasteiger partial charge in [-0.05, 0) is 46.4 Å². The van der Waals surface area contributed by atoms with Crippen molar-refractivity contribution in [1.82, 2.24) is 10.2 Å². The molecule has 1 aliphatic carbocycles. The highest BCUT2D eigenvalue weighted by Crippen LogP contribution is 2.19. The molecule has 0 radical (unpaired) electrons. The molecule has 1 rings (SSSR count). The minimum absolute atomic E-state index is 0.553. The number of rotatable bonds is 8. The number of hydrogen-bond acceptors (Lipinski definition) is 3. The first-order valence-electron chi connectivity index (χ1n) is 6.76. The Bertz CT molecular complexity index is 156. The van der Waals surface area contributed by atoms with Crippen LogP contribution in [0.25, 0.3) is 0 Å². The van der Waals surface area contributed by atoms with E-state index in [4.69, 9.17) is 4.74 Å². The van der Waals surface area contributed by atoms with Crippen LogP contribution in [0.15, 0.2) is 0 Å². The Kier molecular flexibility index (Phi) is 7.81. The van der Waals surface area contributed by atoms with Gasteiger partial charge < -0.3 is 15.0 Å². The van der Waals surface area contributed by atoms with Crippen molar-refractivity contribution in [3.05, 3.63) is 0 Å². The van der Waals surface area contributed by atoms with Gasteiger partial charge in [-0.3, -0.25) is 0 Å². The number of nitrogens with zero attached hydrogens (tertiary/aromatic N) is 1. The predicted octanol–water partition coefficient (Wildman–Crippen LogP) is 1.88. The maximum atomic E-state index is 5.84. The van der Waals surface area contributed by atoms with Gasteiger partial charge >= 0.3 is 0 Å². The maximum Gasteiger partial charge on any atom is 0.0594 e. The molecule has 3 heteroatoms. The lowest BCUT2D eigenvalue weighted by Gasteiger charge is -2.22. The van der Waals surface area contributed by atoms with Crippen LogP contribution in [0.1, 0.15) is 38.5 Å². The average molecular weight is 228 g/mol. The van der Waals surface area contributed by atoms with E-state index in [9.17, 15) is 0 Å². The Morgan fingerprint density at radius 3 is 2.56 bits per heavy atom. The van der Waals surface area contributed by atoms with Crippen molar-refractivity contribution in [3.8, 4) is 0 Å². The molecule has 0 spiro atoms. The van der Waals surface area contributed by atoms with Crippen LogP contribution in [0, 0.1) is 0 Å². The quantitative estimate of drug-likeness (QED) is 0.642. The third-order valence-corrected chi connectivity index (χ3v) is 3.14. The van der Waals surface area contributed by atoms with Crippen LogP contribution in [-0.4, -0.2) is 51.3 Å². The SMILES string of the molecule is CN(C)CCCNCCOC1CCCCC1. The summed E-state index contributed by atoms with van der Waals surface area (Å²) in [7, 11) is 4.23. The van der Waals surface area contributed by atoms with Gasteiger partial charge in [-0.25, -0.2) is 0 Å². The maximum absolute atomic E-state index is 5.84. The van der Waals surface area contributed by atoms with E-state index >= 15 is 0 Å². The van der Waals surface area contributed by atoms with Crippen molar-refractivity contribution < 1.29 is 4.74 Å². The lowest BCUT2D eigenvalue weighted by atomic mass is 9.98. The highest BCUT2D eigenvalue weighted by atomic mass is 16.5. The number of hydrogen-bond donors (Lipinski definition) is 1. The van der Waals surface area contributed by atoms with Crippen LogP contribution < -0.4 is 5.32 Å². The molecule has 0 amide bonds. The van der Waals surface area contributed by atoms with E-state index in [1.54, 1.807) is 0 Å². The van der Waals surface area contributed by atoms with Crippen LogP contribution in [0.2, 0.25) is 0 Å². The largest absolute Gasteiger partial charge is 0.377 e. The Morgan fingerprint density at radius 1 is 1.12 bits per heavy atom. The smallest absolute Gasteiger partial charge is 0.0594 e. The van der Waals surface area contributed by atoms with Crippen LogP contribution >= 0.6 is 0 Å². The molecular weight excluding hydrogens is 200 g/mol. The lowest BCUT2D eigenvalue weighted by Crippen LogP contribution is -2.26. The molecule has 0 heterocycles. The van der Waals surface area contributed by atoms with Crippen molar-refractivity contribution in [1.29, 1.82) is 0 Å². The fourth-order valence-corrected chi connectivity index (χ4v) is 2.17. The van der Waals surface area contributed by atoms with Crippen molar-refractivity contribution >= 4 is 0 Å². The molecule has 0 saturated heterocycles. The monoisotopic (exact) mass is 228 g/mol. The predicted molar refractivity (Wildman–Crippen MR) is 68.9 cm³/mol. The van der Waals surface area contributed by atoms with Gasteiger partial charge in [-0.1, -0.05) is 19.3 Å². The molecule has 0 aromatic rings. The standard InChI is InChI=1S/C13H28N2O/c1-15(2)11-6-9-14-10-12-16-13-7-4-3-5-8-13/h13-14H,3-12H2,1-2H3. The number of nitrogens with one attached hydrogen (secondary N) is 1. The fraction of sp³-hybridized carbons (Fsp3) is 1.00. The summed E-state index contributed by atoms with van der Waals surface area (Å²) >= 11 is 0. The second-order valence-corrected chi connectivity index (χ2v) is 5.04. The van der Waals surface area contributed by atoms with Crippen molar-refractivity contribution in [2.75, 3.05) is 40.3 Å².